The number of hydrogen-bond donors (Lipinski definition) is 3. The van der Waals surface area contributed by atoms with Gasteiger partial charge in [0.05, 0.1) is 18.3 Å². The van der Waals surface area contributed by atoms with Crippen LogP contribution in [0.5, 0.6) is 11.8 Å². The van der Waals surface area contributed by atoms with E-state index in [9.17, 15) is 5.11 Å². The number of fused-ring (bicyclic) bond motifs is 2. The van der Waals surface area contributed by atoms with Gasteiger partial charge in [-0.15, -0.1) is 0 Å². The van der Waals surface area contributed by atoms with Gasteiger partial charge in [-0.3, -0.25) is 0 Å². The number of anilines is 2. The smallest absolute Gasteiger partial charge is 0.318 e. The number of rotatable bonds is 4. The van der Waals surface area contributed by atoms with Crippen LogP contribution >= 0.6 is 0 Å². The van der Waals surface area contributed by atoms with E-state index in [-0.39, 0.29) is 11.8 Å². The molecule has 0 unspecified atom stereocenters. The van der Waals surface area contributed by atoms with Crippen LogP contribution in [0.1, 0.15) is 24.1 Å². The second kappa shape index (κ2) is 7.40. The number of benzene rings is 2. The van der Waals surface area contributed by atoms with Crippen molar-refractivity contribution in [3.05, 3.63) is 59.9 Å². The maximum atomic E-state index is 10.2. The molecule has 2 aliphatic rings. The van der Waals surface area contributed by atoms with Gasteiger partial charge in [0.1, 0.15) is 18.2 Å². The Balaban J connectivity index is 1.41. The average molecular weight is 403 g/mol. The maximum Gasteiger partial charge on any atom is 0.318 e. The van der Waals surface area contributed by atoms with Crippen LogP contribution in [-0.4, -0.2) is 34.3 Å². The summed E-state index contributed by atoms with van der Waals surface area (Å²) in [5, 5.41) is 15.6. The molecule has 3 heterocycles. The molecule has 30 heavy (non-hydrogen) atoms. The van der Waals surface area contributed by atoms with Crippen molar-refractivity contribution in [2.75, 3.05) is 23.8 Å². The summed E-state index contributed by atoms with van der Waals surface area (Å²) in [5.41, 5.74) is 10.1. The van der Waals surface area contributed by atoms with Gasteiger partial charge in [-0.25, -0.2) is 0 Å². The van der Waals surface area contributed by atoms with Crippen molar-refractivity contribution in [2.45, 2.75) is 31.8 Å². The highest BCUT2D eigenvalue weighted by atomic mass is 16.5. The first kappa shape index (κ1) is 18.5. The molecule has 0 bridgehead atoms. The number of aromatic hydroxyl groups is 1. The first-order chi connectivity index (χ1) is 14.6. The van der Waals surface area contributed by atoms with Gasteiger partial charge >= 0.3 is 6.01 Å². The number of nitrogen functional groups attached to an aromatic ring is 1. The number of phenolic OH excluding ortho intramolecular Hbond substituents is 1. The summed E-state index contributed by atoms with van der Waals surface area (Å²) in [6.45, 7) is 5.81. The Kier molecular flexibility index (Phi) is 4.58. The number of nitrogens with one attached hydrogen (secondary N) is 1. The number of hydrogen-bond acceptors (Lipinski definition) is 7. The molecule has 7 nitrogen and oxygen atoms in total. The topological polar surface area (TPSA) is 96.5 Å². The van der Waals surface area contributed by atoms with Gasteiger partial charge in [0, 0.05) is 34.9 Å². The molecule has 0 spiro atoms. The lowest BCUT2D eigenvalue weighted by Gasteiger charge is -2.31. The molecule has 1 atom stereocenters. The Bertz CT molecular complexity index is 1130. The van der Waals surface area contributed by atoms with E-state index in [1.54, 1.807) is 6.07 Å². The normalized spacial score (nSPS) is 18.3. The number of phenols is 1. The molecule has 154 valence electrons. The first-order valence-corrected chi connectivity index (χ1v) is 10.3. The standard InChI is InChI=1S/C23H25N5O2/c1-14-6-7-16(25-14)13-30-23-26-20-12-28(9-8-19(20)22(24)27-23)21-11-17(29)10-15-4-2-3-5-18(15)21/h2-5,10-11,16,25,29H,1,6-9,12-13H2,(H2,24,26,27)/t16-/m1/s1. The number of allylic oxidation sites excluding steroid dienone is 1. The number of nitrogens with two attached hydrogens (primary N) is 1. The Morgan fingerprint density at radius 2 is 2.10 bits per heavy atom. The minimum Gasteiger partial charge on any atom is -0.508 e. The largest absolute Gasteiger partial charge is 0.508 e. The zero-order valence-electron chi connectivity index (χ0n) is 16.8. The monoisotopic (exact) mass is 403 g/mol. The summed E-state index contributed by atoms with van der Waals surface area (Å²) in [7, 11) is 0. The van der Waals surface area contributed by atoms with Crippen LogP contribution in [0.15, 0.2) is 48.7 Å². The summed E-state index contributed by atoms with van der Waals surface area (Å²) in [5.74, 6) is 0.741. The van der Waals surface area contributed by atoms with Gasteiger partial charge < -0.3 is 25.8 Å². The van der Waals surface area contributed by atoms with Crippen molar-refractivity contribution in [1.29, 1.82) is 0 Å². The van der Waals surface area contributed by atoms with E-state index in [4.69, 9.17) is 10.5 Å². The summed E-state index contributed by atoms with van der Waals surface area (Å²) >= 11 is 0. The predicted octanol–water partition coefficient (Wildman–Crippen LogP) is 3.12. The van der Waals surface area contributed by atoms with E-state index >= 15 is 0 Å². The van der Waals surface area contributed by atoms with E-state index in [1.807, 2.05) is 24.3 Å². The molecule has 1 fully saturated rings. The maximum absolute atomic E-state index is 10.2. The fourth-order valence-electron chi connectivity index (χ4n) is 4.32. The third kappa shape index (κ3) is 3.47. The molecule has 2 aliphatic heterocycles. The highest BCUT2D eigenvalue weighted by Gasteiger charge is 2.24. The summed E-state index contributed by atoms with van der Waals surface area (Å²) < 4.78 is 5.85. The van der Waals surface area contributed by atoms with Crippen molar-refractivity contribution in [3.8, 4) is 11.8 Å². The van der Waals surface area contributed by atoms with Crippen molar-refractivity contribution < 1.29 is 9.84 Å². The van der Waals surface area contributed by atoms with Gasteiger partial charge in [0.25, 0.3) is 0 Å². The molecule has 7 heteroatoms. The lowest BCUT2D eigenvalue weighted by atomic mass is 10.0. The average Bonchev–Trinajstić information content (AvgIpc) is 3.16. The van der Waals surface area contributed by atoms with Gasteiger partial charge in [0.2, 0.25) is 0 Å². The molecule has 2 aromatic carbocycles. The van der Waals surface area contributed by atoms with Gasteiger partial charge in [-0.2, -0.15) is 9.97 Å². The van der Waals surface area contributed by atoms with E-state index in [1.165, 1.54) is 0 Å². The van der Waals surface area contributed by atoms with Crippen LogP contribution in [0.3, 0.4) is 0 Å². The second-order valence-corrected chi connectivity index (χ2v) is 7.97. The van der Waals surface area contributed by atoms with Crippen LogP contribution < -0.4 is 20.7 Å². The molecule has 0 amide bonds. The van der Waals surface area contributed by atoms with Crippen LogP contribution in [-0.2, 0) is 13.0 Å². The predicted molar refractivity (Wildman–Crippen MR) is 118 cm³/mol. The lowest BCUT2D eigenvalue weighted by molar-refractivity contribution is 0.258. The van der Waals surface area contributed by atoms with Crippen molar-refractivity contribution >= 4 is 22.3 Å². The fraction of sp³-hybridized carbons (Fsp3) is 0.304. The zero-order chi connectivity index (χ0) is 20.7. The minimum atomic E-state index is 0.230. The van der Waals surface area contributed by atoms with Gasteiger partial charge in [-0.05, 0) is 30.7 Å². The van der Waals surface area contributed by atoms with Crippen LogP contribution in [0.4, 0.5) is 11.5 Å². The Morgan fingerprint density at radius 1 is 1.23 bits per heavy atom. The van der Waals surface area contributed by atoms with E-state index in [2.05, 4.69) is 32.8 Å². The summed E-state index contributed by atoms with van der Waals surface area (Å²) in [4.78, 5) is 11.3. The Morgan fingerprint density at radius 3 is 2.93 bits per heavy atom. The van der Waals surface area contributed by atoms with Crippen molar-refractivity contribution in [1.82, 2.24) is 15.3 Å². The third-order valence-corrected chi connectivity index (χ3v) is 5.86. The molecule has 1 aromatic heterocycles. The number of aromatic nitrogens is 2. The van der Waals surface area contributed by atoms with Gasteiger partial charge in [-0.1, -0.05) is 30.8 Å². The first-order valence-electron chi connectivity index (χ1n) is 10.3. The third-order valence-electron chi connectivity index (χ3n) is 5.86. The quantitative estimate of drug-likeness (QED) is 0.616. The molecule has 4 N–H and O–H groups in total. The highest BCUT2D eigenvalue weighted by molar-refractivity contribution is 5.95. The fourth-order valence-corrected chi connectivity index (χ4v) is 4.32. The molecule has 3 aromatic rings. The highest BCUT2D eigenvalue weighted by Crippen LogP contribution is 2.35. The Hall–Kier alpha value is -3.48. The van der Waals surface area contributed by atoms with Crippen LogP contribution in [0.2, 0.25) is 0 Å². The van der Waals surface area contributed by atoms with Crippen LogP contribution in [0, 0.1) is 0 Å². The molecule has 0 saturated carbocycles. The second-order valence-electron chi connectivity index (χ2n) is 7.97. The van der Waals surface area contributed by atoms with E-state index in [0.29, 0.717) is 25.0 Å². The Labute approximate surface area is 175 Å². The van der Waals surface area contributed by atoms with Gasteiger partial charge in [0.15, 0.2) is 0 Å². The molecule has 5 rings (SSSR count). The molecule has 0 radical (unpaired) electrons. The number of nitrogens with zero attached hydrogens (tertiary/aromatic N) is 3. The van der Waals surface area contributed by atoms with E-state index < -0.39 is 0 Å². The van der Waals surface area contributed by atoms with Crippen molar-refractivity contribution in [2.24, 2.45) is 0 Å². The minimum absolute atomic E-state index is 0.230. The SMILES string of the molecule is C=C1CC[C@H](COc2nc(N)c3c(n2)CN(c2cc(O)cc4ccccc24)CC3)N1. The summed E-state index contributed by atoms with van der Waals surface area (Å²) in [6, 6.07) is 12.2. The van der Waals surface area contributed by atoms with E-state index in [0.717, 1.165) is 59.2 Å². The molecular formula is C23H25N5O2. The van der Waals surface area contributed by atoms with Crippen molar-refractivity contribution in [3.63, 3.8) is 0 Å². The number of ether oxygens (including phenoxy) is 1. The zero-order valence-corrected chi connectivity index (χ0v) is 16.8. The molecule has 1 saturated heterocycles. The lowest BCUT2D eigenvalue weighted by Crippen LogP contribution is -2.32. The molecule has 0 aliphatic carbocycles. The summed E-state index contributed by atoms with van der Waals surface area (Å²) in [6.07, 6.45) is 2.71. The molecular weight excluding hydrogens is 378 g/mol. The van der Waals surface area contributed by atoms with Crippen LogP contribution in [0.25, 0.3) is 10.8 Å².